The Morgan fingerprint density at radius 3 is 2.19 bits per heavy atom. The van der Waals surface area contributed by atoms with E-state index in [1.807, 2.05) is 30.3 Å². The maximum atomic E-state index is 11.8. The molecule has 0 bridgehead atoms. The number of ether oxygens (including phenoxy) is 2. The molecule has 0 saturated heterocycles. The molecule has 1 aromatic carbocycles. The number of unbranched alkanes of at least 4 members (excludes halogenated alkanes) is 8. The molecule has 0 heterocycles. The van der Waals surface area contributed by atoms with Crippen LogP contribution in [0.1, 0.15) is 76.7 Å². The first-order chi connectivity index (χ1) is 12.8. The lowest BCUT2D eigenvalue weighted by Gasteiger charge is -2.15. The molecule has 1 aromatic rings. The van der Waals surface area contributed by atoms with Crippen LogP contribution in [0.15, 0.2) is 30.3 Å². The first-order valence-electron chi connectivity index (χ1n) is 10.2. The van der Waals surface area contributed by atoms with Crippen molar-refractivity contribution in [1.82, 2.24) is 0 Å². The zero-order chi connectivity index (χ0) is 18.9. The molecule has 0 radical (unpaired) electrons. The van der Waals surface area contributed by atoms with E-state index < -0.39 is 6.10 Å². The summed E-state index contributed by atoms with van der Waals surface area (Å²) in [4.78, 5) is 11.8. The summed E-state index contributed by atoms with van der Waals surface area (Å²) in [6, 6.07) is 9.76. The Labute approximate surface area is 158 Å². The highest BCUT2D eigenvalue weighted by Gasteiger charge is 2.11. The highest BCUT2D eigenvalue weighted by Crippen LogP contribution is 2.11. The van der Waals surface area contributed by atoms with Gasteiger partial charge in [0.1, 0.15) is 12.7 Å². The van der Waals surface area contributed by atoms with Gasteiger partial charge in [-0.15, -0.1) is 0 Å². The van der Waals surface area contributed by atoms with Crippen molar-refractivity contribution in [2.24, 2.45) is 0 Å². The molecule has 4 nitrogen and oxygen atoms in total. The second kappa shape index (κ2) is 15.8. The molecule has 0 saturated carbocycles. The maximum Gasteiger partial charge on any atom is 0.305 e. The van der Waals surface area contributed by atoms with Crippen LogP contribution in [0.4, 0.5) is 0 Å². The Morgan fingerprint density at radius 2 is 1.58 bits per heavy atom. The third-order valence-electron chi connectivity index (χ3n) is 4.45. The molecule has 0 aliphatic rings. The summed E-state index contributed by atoms with van der Waals surface area (Å²) >= 11 is 0. The van der Waals surface area contributed by atoms with E-state index in [2.05, 4.69) is 6.92 Å². The van der Waals surface area contributed by atoms with Crippen LogP contribution in [-0.2, 0) is 20.9 Å². The van der Waals surface area contributed by atoms with E-state index in [4.69, 9.17) is 9.47 Å². The van der Waals surface area contributed by atoms with Crippen LogP contribution in [0.25, 0.3) is 0 Å². The Morgan fingerprint density at radius 1 is 0.962 bits per heavy atom. The van der Waals surface area contributed by atoms with Crippen LogP contribution in [-0.4, -0.2) is 30.4 Å². The fourth-order valence-corrected chi connectivity index (χ4v) is 2.78. The van der Waals surface area contributed by atoms with Crippen molar-refractivity contribution in [2.45, 2.75) is 83.8 Å². The number of hydrogen-bond donors (Lipinski definition) is 1. The van der Waals surface area contributed by atoms with Gasteiger partial charge in [0.15, 0.2) is 0 Å². The van der Waals surface area contributed by atoms with Gasteiger partial charge in [0.05, 0.1) is 13.2 Å². The molecular weight excluding hydrogens is 328 g/mol. The molecule has 0 aliphatic carbocycles. The monoisotopic (exact) mass is 364 g/mol. The molecule has 0 aliphatic heterocycles. The summed E-state index contributed by atoms with van der Waals surface area (Å²) in [6.45, 7) is 2.59. The van der Waals surface area contributed by atoms with Crippen molar-refractivity contribution in [1.29, 1.82) is 0 Å². The average Bonchev–Trinajstić information content (AvgIpc) is 2.67. The van der Waals surface area contributed by atoms with E-state index in [1.165, 1.54) is 44.9 Å². The fourth-order valence-electron chi connectivity index (χ4n) is 2.78. The molecule has 26 heavy (non-hydrogen) atoms. The highest BCUT2D eigenvalue weighted by atomic mass is 16.6. The predicted molar refractivity (Wildman–Crippen MR) is 105 cm³/mol. The van der Waals surface area contributed by atoms with Gasteiger partial charge in [-0.3, -0.25) is 4.79 Å². The average molecular weight is 365 g/mol. The van der Waals surface area contributed by atoms with E-state index in [9.17, 15) is 9.90 Å². The SMILES string of the molecule is CCCCCCCCCCCC(=O)OCC(CO)OCc1ccccc1. The molecule has 1 unspecified atom stereocenters. The number of aliphatic hydroxyl groups is 1. The lowest BCUT2D eigenvalue weighted by molar-refractivity contribution is -0.149. The molecule has 4 heteroatoms. The molecule has 0 aromatic heterocycles. The van der Waals surface area contributed by atoms with Gasteiger partial charge < -0.3 is 14.6 Å². The van der Waals surface area contributed by atoms with Crippen LogP contribution in [0.3, 0.4) is 0 Å². The van der Waals surface area contributed by atoms with Gasteiger partial charge in [0, 0.05) is 6.42 Å². The first-order valence-corrected chi connectivity index (χ1v) is 10.2. The van der Waals surface area contributed by atoms with Crippen molar-refractivity contribution in [2.75, 3.05) is 13.2 Å². The predicted octanol–water partition coefficient (Wildman–Crippen LogP) is 5.03. The van der Waals surface area contributed by atoms with Gasteiger partial charge in [-0.2, -0.15) is 0 Å². The Hall–Kier alpha value is -1.39. The second-order valence-electron chi connectivity index (χ2n) is 6.86. The molecule has 1 atom stereocenters. The Bertz CT molecular complexity index is 447. The summed E-state index contributed by atoms with van der Waals surface area (Å²) in [5, 5.41) is 9.35. The molecule has 1 rings (SSSR count). The van der Waals surface area contributed by atoms with E-state index in [1.54, 1.807) is 0 Å². The van der Waals surface area contributed by atoms with E-state index >= 15 is 0 Å². The lowest BCUT2D eigenvalue weighted by atomic mass is 10.1. The quantitative estimate of drug-likeness (QED) is 0.330. The van der Waals surface area contributed by atoms with E-state index in [-0.39, 0.29) is 19.2 Å². The summed E-state index contributed by atoms with van der Waals surface area (Å²) in [7, 11) is 0. The fraction of sp³-hybridized carbons (Fsp3) is 0.682. The van der Waals surface area contributed by atoms with Crippen molar-refractivity contribution >= 4 is 5.97 Å². The minimum absolute atomic E-state index is 0.111. The minimum atomic E-state index is -0.470. The molecule has 0 amide bonds. The van der Waals surface area contributed by atoms with Gasteiger partial charge in [-0.25, -0.2) is 0 Å². The first kappa shape index (κ1) is 22.7. The van der Waals surface area contributed by atoms with Gasteiger partial charge in [0.25, 0.3) is 0 Å². The molecule has 148 valence electrons. The van der Waals surface area contributed by atoms with Gasteiger partial charge in [0.2, 0.25) is 0 Å². The van der Waals surface area contributed by atoms with Crippen LogP contribution in [0.5, 0.6) is 0 Å². The number of rotatable bonds is 16. The summed E-state index contributed by atoms with van der Waals surface area (Å²) in [5.41, 5.74) is 1.03. The number of carbonyl (C=O) groups is 1. The smallest absolute Gasteiger partial charge is 0.305 e. The third kappa shape index (κ3) is 12.0. The van der Waals surface area contributed by atoms with Crippen molar-refractivity contribution in [3.8, 4) is 0 Å². The Balaban J connectivity index is 2.00. The normalized spacial score (nSPS) is 12.1. The summed E-state index contributed by atoms with van der Waals surface area (Å²) < 4.78 is 10.8. The topological polar surface area (TPSA) is 55.8 Å². The Kier molecular flexibility index (Phi) is 13.8. The number of carbonyl (C=O) groups excluding carboxylic acids is 1. The minimum Gasteiger partial charge on any atom is -0.463 e. The molecule has 0 fully saturated rings. The number of benzene rings is 1. The zero-order valence-corrected chi connectivity index (χ0v) is 16.3. The standard InChI is InChI=1S/C22H36O4/c1-2-3-4-5-6-7-8-9-13-16-22(24)26-19-21(17-23)25-18-20-14-11-10-12-15-20/h10-12,14-15,21,23H,2-9,13,16-19H2,1H3. The van der Waals surface area contributed by atoms with Crippen LogP contribution in [0, 0.1) is 0 Å². The third-order valence-corrected chi connectivity index (χ3v) is 4.45. The number of hydrogen-bond acceptors (Lipinski definition) is 4. The second-order valence-corrected chi connectivity index (χ2v) is 6.86. The van der Waals surface area contributed by atoms with E-state index in [0.29, 0.717) is 13.0 Å². The van der Waals surface area contributed by atoms with E-state index in [0.717, 1.165) is 18.4 Å². The van der Waals surface area contributed by atoms with Gasteiger partial charge in [-0.1, -0.05) is 88.6 Å². The van der Waals surface area contributed by atoms with Gasteiger partial charge >= 0.3 is 5.97 Å². The lowest BCUT2D eigenvalue weighted by Crippen LogP contribution is -2.25. The van der Waals surface area contributed by atoms with Gasteiger partial charge in [-0.05, 0) is 12.0 Å². The van der Waals surface area contributed by atoms with Crippen molar-refractivity contribution in [3.05, 3.63) is 35.9 Å². The summed E-state index contributed by atoms with van der Waals surface area (Å²) in [5.74, 6) is -0.199. The van der Waals surface area contributed by atoms with Crippen LogP contribution >= 0.6 is 0 Å². The number of esters is 1. The number of aliphatic hydroxyl groups excluding tert-OH is 1. The molecule has 1 N–H and O–H groups in total. The summed E-state index contributed by atoms with van der Waals surface area (Å²) in [6.07, 6.45) is 11.0. The largest absolute Gasteiger partial charge is 0.463 e. The molecular formula is C22H36O4. The van der Waals surface area contributed by atoms with Crippen molar-refractivity contribution in [3.63, 3.8) is 0 Å². The highest BCUT2D eigenvalue weighted by molar-refractivity contribution is 5.69. The van der Waals surface area contributed by atoms with Crippen molar-refractivity contribution < 1.29 is 19.4 Å². The molecule has 0 spiro atoms. The zero-order valence-electron chi connectivity index (χ0n) is 16.3. The van der Waals surface area contributed by atoms with Crippen LogP contribution < -0.4 is 0 Å². The maximum absolute atomic E-state index is 11.8. The van der Waals surface area contributed by atoms with Crippen LogP contribution in [0.2, 0.25) is 0 Å².